The molecule has 1 aliphatic heterocycles. The highest BCUT2D eigenvalue weighted by molar-refractivity contribution is 7.89. The van der Waals surface area contributed by atoms with Crippen LogP contribution in [0.15, 0.2) is 30.6 Å². The third kappa shape index (κ3) is 3.59. The van der Waals surface area contributed by atoms with Gasteiger partial charge in [0.1, 0.15) is 5.82 Å². The first-order valence-corrected chi connectivity index (χ1v) is 9.77. The number of rotatable bonds is 5. The normalized spacial score (nSPS) is 16.0. The zero-order valence-electron chi connectivity index (χ0n) is 14.1. The lowest BCUT2D eigenvalue weighted by Crippen LogP contribution is -2.37. The number of fused-ring (bicyclic) bond motifs is 1. The van der Waals surface area contributed by atoms with Crippen molar-refractivity contribution in [2.45, 2.75) is 26.9 Å². The van der Waals surface area contributed by atoms with Crippen LogP contribution in [0.3, 0.4) is 0 Å². The smallest absolute Gasteiger partial charge is 0.214 e. The van der Waals surface area contributed by atoms with E-state index in [0.717, 1.165) is 30.2 Å². The van der Waals surface area contributed by atoms with Gasteiger partial charge in [-0.3, -0.25) is 4.68 Å². The maximum Gasteiger partial charge on any atom is 0.214 e. The van der Waals surface area contributed by atoms with E-state index in [2.05, 4.69) is 15.0 Å². The van der Waals surface area contributed by atoms with Crippen LogP contribution in [0.1, 0.15) is 18.2 Å². The molecule has 0 amide bonds. The zero-order chi connectivity index (χ0) is 17.2. The van der Waals surface area contributed by atoms with Gasteiger partial charge in [-0.1, -0.05) is 6.07 Å². The molecule has 0 saturated carbocycles. The Morgan fingerprint density at radius 3 is 2.75 bits per heavy atom. The van der Waals surface area contributed by atoms with Gasteiger partial charge < -0.3 is 4.90 Å². The van der Waals surface area contributed by atoms with Crippen molar-refractivity contribution < 1.29 is 8.42 Å². The summed E-state index contributed by atoms with van der Waals surface area (Å²) >= 11 is 0. The van der Waals surface area contributed by atoms with Gasteiger partial charge in [-0.2, -0.15) is 9.40 Å². The molecule has 0 unspecified atom stereocenters. The van der Waals surface area contributed by atoms with Crippen molar-refractivity contribution in [1.29, 1.82) is 0 Å². The SMILES string of the molecule is CCS(=O)(=O)N1CCN(CCn2cccn2)c2nc(C)ccc2C1. The Hall–Kier alpha value is -1.93. The van der Waals surface area contributed by atoms with Crippen molar-refractivity contribution in [3.63, 3.8) is 0 Å². The molecule has 0 N–H and O–H groups in total. The first-order chi connectivity index (χ1) is 11.5. The Kier molecular flexibility index (Phi) is 4.86. The van der Waals surface area contributed by atoms with Crippen molar-refractivity contribution in [1.82, 2.24) is 19.1 Å². The molecule has 1 aliphatic rings. The van der Waals surface area contributed by atoms with Crippen LogP contribution in [0, 0.1) is 6.92 Å². The van der Waals surface area contributed by atoms with Crippen molar-refractivity contribution in [2.75, 3.05) is 30.3 Å². The molecule has 24 heavy (non-hydrogen) atoms. The van der Waals surface area contributed by atoms with Gasteiger partial charge in [0.25, 0.3) is 0 Å². The molecule has 0 atom stereocenters. The molecular formula is C16H23N5O2S. The maximum atomic E-state index is 12.3. The van der Waals surface area contributed by atoms with Crippen LogP contribution in [-0.4, -0.2) is 52.9 Å². The summed E-state index contributed by atoms with van der Waals surface area (Å²) in [6.07, 6.45) is 3.69. The van der Waals surface area contributed by atoms with Gasteiger partial charge in [-0.25, -0.2) is 13.4 Å². The quantitative estimate of drug-likeness (QED) is 0.813. The van der Waals surface area contributed by atoms with E-state index in [0.29, 0.717) is 19.6 Å². The zero-order valence-corrected chi connectivity index (χ0v) is 14.9. The van der Waals surface area contributed by atoms with Crippen LogP contribution in [0.5, 0.6) is 0 Å². The van der Waals surface area contributed by atoms with E-state index in [-0.39, 0.29) is 5.75 Å². The second kappa shape index (κ2) is 6.90. The summed E-state index contributed by atoms with van der Waals surface area (Å²) in [5.74, 6) is 1.01. The van der Waals surface area contributed by atoms with E-state index in [1.807, 2.05) is 36.0 Å². The number of aromatic nitrogens is 3. The Morgan fingerprint density at radius 1 is 1.21 bits per heavy atom. The van der Waals surface area contributed by atoms with Crippen molar-refractivity contribution >= 4 is 15.8 Å². The minimum absolute atomic E-state index is 0.120. The molecule has 0 aliphatic carbocycles. The average Bonchev–Trinajstić information content (AvgIpc) is 3.01. The standard InChI is InChI=1S/C16H23N5O2S/c1-3-24(22,23)21-12-10-19(9-11-20-8-4-7-17-20)16-15(13-21)6-5-14(2)18-16/h4-8H,3,9-13H2,1-2H3. The van der Waals surface area contributed by atoms with Crippen LogP contribution in [0.4, 0.5) is 5.82 Å². The summed E-state index contributed by atoms with van der Waals surface area (Å²) in [4.78, 5) is 6.83. The third-order valence-corrected chi connectivity index (χ3v) is 6.11. The predicted octanol–water partition coefficient (Wildman–Crippen LogP) is 1.26. The van der Waals surface area contributed by atoms with Gasteiger partial charge in [0.2, 0.25) is 10.0 Å². The first kappa shape index (κ1) is 16.9. The largest absolute Gasteiger partial charge is 0.353 e. The highest BCUT2D eigenvalue weighted by Crippen LogP contribution is 2.25. The number of nitrogens with zero attached hydrogens (tertiary/aromatic N) is 5. The highest BCUT2D eigenvalue weighted by atomic mass is 32.2. The molecule has 0 bridgehead atoms. The van der Waals surface area contributed by atoms with Crippen molar-refractivity contribution in [3.8, 4) is 0 Å². The summed E-state index contributed by atoms with van der Waals surface area (Å²) < 4.78 is 28.1. The molecule has 0 fully saturated rings. The fourth-order valence-electron chi connectivity index (χ4n) is 2.87. The fraction of sp³-hybridized carbons (Fsp3) is 0.500. The van der Waals surface area contributed by atoms with E-state index < -0.39 is 10.0 Å². The number of hydrogen-bond acceptors (Lipinski definition) is 5. The van der Waals surface area contributed by atoms with Crippen LogP contribution in [-0.2, 0) is 23.1 Å². The molecule has 130 valence electrons. The molecule has 0 saturated heterocycles. The van der Waals surface area contributed by atoms with Gasteiger partial charge in [-0.15, -0.1) is 0 Å². The van der Waals surface area contributed by atoms with Gasteiger partial charge in [0, 0.05) is 49.8 Å². The topological polar surface area (TPSA) is 71.3 Å². The lowest BCUT2D eigenvalue weighted by atomic mass is 10.2. The van der Waals surface area contributed by atoms with E-state index in [9.17, 15) is 8.42 Å². The lowest BCUT2D eigenvalue weighted by Gasteiger charge is -2.24. The maximum absolute atomic E-state index is 12.3. The van der Waals surface area contributed by atoms with Crippen LogP contribution >= 0.6 is 0 Å². The highest BCUT2D eigenvalue weighted by Gasteiger charge is 2.27. The molecule has 0 spiro atoms. The Morgan fingerprint density at radius 2 is 2.04 bits per heavy atom. The number of pyridine rings is 1. The van der Waals surface area contributed by atoms with E-state index in [1.54, 1.807) is 17.4 Å². The van der Waals surface area contributed by atoms with Crippen LogP contribution in [0.25, 0.3) is 0 Å². The van der Waals surface area contributed by atoms with Gasteiger partial charge in [0.05, 0.1) is 12.3 Å². The van der Waals surface area contributed by atoms with E-state index >= 15 is 0 Å². The van der Waals surface area contributed by atoms with Crippen LogP contribution in [0.2, 0.25) is 0 Å². The number of sulfonamides is 1. The van der Waals surface area contributed by atoms with Gasteiger partial charge in [0.15, 0.2) is 0 Å². The summed E-state index contributed by atoms with van der Waals surface area (Å²) in [6, 6.07) is 5.82. The molecule has 3 heterocycles. The number of aryl methyl sites for hydroxylation is 1. The van der Waals surface area contributed by atoms with E-state index in [4.69, 9.17) is 0 Å². The molecular weight excluding hydrogens is 326 g/mol. The second-order valence-electron chi connectivity index (χ2n) is 5.93. The van der Waals surface area contributed by atoms with Crippen molar-refractivity contribution in [3.05, 3.63) is 41.9 Å². The average molecular weight is 349 g/mol. The van der Waals surface area contributed by atoms with E-state index in [1.165, 1.54) is 0 Å². The third-order valence-electron chi connectivity index (χ3n) is 4.28. The fourth-order valence-corrected chi connectivity index (χ4v) is 3.93. The molecule has 7 nitrogen and oxygen atoms in total. The molecule has 8 heteroatoms. The minimum atomic E-state index is -3.22. The molecule has 0 radical (unpaired) electrons. The van der Waals surface area contributed by atoms with Gasteiger partial charge in [-0.05, 0) is 26.0 Å². The summed E-state index contributed by atoms with van der Waals surface area (Å²) in [5, 5.41) is 4.23. The Bertz CT molecular complexity index is 789. The number of hydrogen-bond donors (Lipinski definition) is 0. The summed E-state index contributed by atoms with van der Waals surface area (Å²) in [7, 11) is -3.22. The Labute approximate surface area is 143 Å². The molecule has 2 aromatic heterocycles. The first-order valence-electron chi connectivity index (χ1n) is 8.16. The second-order valence-corrected chi connectivity index (χ2v) is 8.18. The molecule has 0 aromatic carbocycles. The minimum Gasteiger partial charge on any atom is -0.353 e. The van der Waals surface area contributed by atoms with Crippen molar-refractivity contribution in [2.24, 2.45) is 0 Å². The lowest BCUT2D eigenvalue weighted by molar-refractivity contribution is 0.418. The summed E-state index contributed by atoms with van der Waals surface area (Å²) in [5.41, 5.74) is 1.89. The van der Waals surface area contributed by atoms with Gasteiger partial charge >= 0.3 is 0 Å². The van der Waals surface area contributed by atoms with Crippen LogP contribution < -0.4 is 4.90 Å². The number of anilines is 1. The molecule has 2 aromatic rings. The predicted molar refractivity (Wildman–Crippen MR) is 93.3 cm³/mol. The summed E-state index contributed by atoms with van der Waals surface area (Å²) in [6.45, 7) is 6.61. The monoisotopic (exact) mass is 349 g/mol. The Balaban J connectivity index is 1.87. The molecule has 3 rings (SSSR count).